The lowest BCUT2D eigenvalue weighted by Crippen LogP contribution is -2.00. The molecule has 0 aliphatic carbocycles. The second-order valence-electron chi connectivity index (χ2n) is 3.91. The van der Waals surface area contributed by atoms with E-state index >= 15 is 0 Å². The molecule has 0 N–H and O–H groups in total. The fourth-order valence-corrected chi connectivity index (χ4v) is 1.88. The summed E-state index contributed by atoms with van der Waals surface area (Å²) in [6, 6.07) is 8.62. The summed E-state index contributed by atoms with van der Waals surface area (Å²) >= 11 is 5.63. The molecule has 0 aliphatic heterocycles. The van der Waals surface area contributed by atoms with E-state index in [0.29, 0.717) is 17.1 Å². The molecule has 1 aromatic heterocycles. The van der Waals surface area contributed by atoms with Crippen LogP contribution in [-0.4, -0.2) is 12.9 Å². The first kappa shape index (κ1) is 12.7. The van der Waals surface area contributed by atoms with Crippen molar-refractivity contribution in [1.82, 2.24) is 0 Å². The van der Waals surface area contributed by atoms with E-state index in [4.69, 9.17) is 20.8 Å². The van der Waals surface area contributed by atoms with Gasteiger partial charge >= 0.3 is 0 Å². The van der Waals surface area contributed by atoms with Crippen LogP contribution in [0.5, 0.6) is 5.75 Å². The van der Waals surface area contributed by atoms with Crippen LogP contribution in [0.15, 0.2) is 34.7 Å². The standard InChI is InChI=1S/C14H13ClO3/c1-9-7-10(3-5-12(9)17-2)14(16)13-6-4-11(8-15)18-13/h3-7H,8H2,1-2H3. The van der Waals surface area contributed by atoms with Crippen LogP contribution < -0.4 is 4.74 Å². The monoisotopic (exact) mass is 264 g/mol. The van der Waals surface area contributed by atoms with Gasteiger partial charge in [-0.2, -0.15) is 0 Å². The fourth-order valence-electron chi connectivity index (χ4n) is 1.73. The number of hydrogen-bond acceptors (Lipinski definition) is 3. The molecule has 0 amide bonds. The Morgan fingerprint density at radius 3 is 2.67 bits per heavy atom. The highest BCUT2D eigenvalue weighted by atomic mass is 35.5. The van der Waals surface area contributed by atoms with Crippen LogP contribution in [0.4, 0.5) is 0 Å². The Bertz CT molecular complexity index is 572. The van der Waals surface area contributed by atoms with Crippen LogP contribution in [0.1, 0.15) is 27.4 Å². The summed E-state index contributed by atoms with van der Waals surface area (Å²) in [5, 5.41) is 0. The second-order valence-corrected chi connectivity index (χ2v) is 4.18. The Morgan fingerprint density at radius 2 is 2.11 bits per heavy atom. The zero-order chi connectivity index (χ0) is 13.1. The average Bonchev–Trinajstić information content (AvgIpc) is 2.86. The third-order valence-electron chi connectivity index (χ3n) is 2.67. The first-order chi connectivity index (χ1) is 8.65. The number of alkyl halides is 1. The number of carbonyl (C=O) groups excluding carboxylic acids is 1. The average molecular weight is 265 g/mol. The molecule has 1 heterocycles. The molecule has 0 saturated carbocycles. The largest absolute Gasteiger partial charge is 0.496 e. The summed E-state index contributed by atoms with van der Waals surface area (Å²) in [4.78, 5) is 12.1. The molecule has 18 heavy (non-hydrogen) atoms. The molecule has 2 aromatic rings. The van der Waals surface area contributed by atoms with Crippen molar-refractivity contribution in [3.63, 3.8) is 0 Å². The molecule has 0 spiro atoms. The fraction of sp³-hybridized carbons (Fsp3) is 0.214. The molecule has 0 atom stereocenters. The van der Waals surface area contributed by atoms with Crippen LogP contribution in [-0.2, 0) is 5.88 Å². The molecule has 0 saturated heterocycles. The number of aryl methyl sites for hydroxylation is 1. The third-order valence-corrected chi connectivity index (χ3v) is 2.94. The number of ketones is 1. The van der Waals surface area contributed by atoms with Crippen molar-refractivity contribution < 1.29 is 13.9 Å². The normalized spacial score (nSPS) is 10.4. The highest BCUT2D eigenvalue weighted by molar-refractivity contribution is 6.16. The molecule has 0 bridgehead atoms. The predicted molar refractivity (Wildman–Crippen MR) is 69.4 cm³/mol. The number of hydrogen-bond donors (Lipinski definition) is 0. The van der Waals surface area contributed by atoms with Gasteiger partial charge < -0.3 is 9.15 Å². The van der Waals surface area contributed by atoms with Crippen molar-refractivity contribution >= 4 is 17.4 Å². The molecule has 0 unspecified atom stereocenters. The van der Waals surface area contributed by atoms with E-state index < -0.39 is 0 Å². The Balaban J connectivity index is 2.31. The second kappa shape index (κ2) is 5.27. The highest BCUT2D eigenvalue weighted by Crippen LogP contribution is 2.21. The topological polar surface area (TPSA) is 39.4 Å². The molecule has 0 radical (unpaired) electrons. The van der Waals surface area contributed by atoms with E-state index in [2.05, 4.69) is 0 Å². The van der Waals surface area contributed by atoms with Crippen molar-refractivity contribution in [2.24, 2.45) is 0 Å². The number of benzene rings is 1. The molecule has 0 aliphatic rings. The molecule has 4 heteroatoms. The van der Waals surface area contributed by atoms with Gasteiger partial charge in [0, 0.05) is 5.56 Å². The summed E-state index contributed by atoms with van der Waals surface area (Å²) in [5.74, 6) is 1.75. The summed E-state index contributed by atoms with van der Waals surface area (Å²) in [7, 11) is 1.60. The first-order valence-corrected chi connectivity index (χ1v) is 6.03. The zero-order valence-electron chi connectivity index (χ0n) is 10.2. The van der Waals surface area contributed by atoms with E-state index in [1.165, 1.54) is 0 Å². The van der Waals surface area contributed by atoms with Crippen LogP contribution in [0.2, 0.25) is 0 Å². The van der Waals surface area contributed by atoms with Crippen molar-refractivity contribution in [2.45, 2.75) is 12.8 Å². The lowest BCUT2D eigenvalue weighted by atomic mass is 10.1. The quantitative estimate of drug-likeness (QED) is 0.626. The van der Waals surface area contributed by atoms with Gasteiger partial charge in [0.2, 0.25) is 5.78 Å². The van der Waals surface area contributed by atoms with Crippen molar-refractivity contribution in [3.8, 4) is 5.75 Å². The SMILES string of the molecule is COc1ccc(C(=O)c2ccc(CCl)o2)cc1C. The lowest BCUT2D eigenvalue weighted by molar-refractivity contribution is 0.101. The van der Waals surface area contributed by atoms with E-state index in [1.807, 2.05) is 6.92 Å². The maximum absolute atomic E-state index is 12.1. The van der Waals surface area contributed by atoms with Gasteiger partial charge in [-0.1, -0.05) is 0 Å². The minimum Gasteiger partial charge on any atom is -0.496 e. The number of furan rings is 1. The maximum atomic E-state index is 12.1. The lowest BCUT2D eigenvalue weighted by Gasteiger charge is -2.05. The van der Waals surface area contributed by atoms with E-state index in [-0.39, 0.29) is 11.7 Å². The zero-order valence-corrected chi connectivity index (χ0v) is 11.0. The number of ether oxygens (including phenoxy) is 1. The summed E-state index contributed by atoms with van der Waals surface area (Å²) in [6.45, 7) is 1.89. The van der Waals surface area contributed by atoms with E-state index in [1.54, 1.807) is 37.4 Å². The molecular weight excluding hydrogens is 252 g/mol. The van der Waals surface area contributed by atoms with E-state index in [9.17, 15) is 4.79 Å². The highest BCUT2D eigenvalue weighted by Gasteiger charge is 2.14. The van der Waals surface area contributed by atoms with Crippen LogP contribution in [0.25, 0.3) is 0 Å². The maximum Gasteiger partial charge on any atom is 0.228 e. The summed E-state index contributed by atoms with van der Waals surface area (Å²) < 4.78 is 10.5. The third kappa shape index (κ3) is 2.41. The molecule has 1 aromatic carbocycles. The van der Waals surface area contributed by atoms with Crippen LogP contribution >= 0.6 is 11.6 Å². The van der Waals surface area contributed by atoms with Gasteiger partial charge in [0.15, 0.2) is 5.76 Å². The first-order valence-electron chi connectivity index (χ1n) is 5.49. The predicted octanol–water partition coefficient (Wildman–Crippen LogP) is 3.57. The van der Waals surface area contributed by atoms with Gasteiger partial charge in [-0.15, -0.1) is 11.6 Å². The Morgan fingerprint density at radius 1 is 1.33 bits per heavy atom. The van der Waals surface area contributed by atoms with E-state index in [0.717, 1.165) is 11.3 Å². The molecule has 2 rings (SSSR count). The van der Waals surface area contributed by atoms with Gasteiger partial charge in [-0.05, 0) is 42.8 Å². The Hall–Kier alpha value is -1.74. The number of halogens is 1. The van der Waals surface area contributed by atoms with Crippen LogP contribution in [0.3, 0.4) is 0 Å². The van der Waals surface area contributed by atoms with Crippen molar-refractivity contribution in [3.05, 3.63) is 53.0 Å². The molecular formula is C14H13ClO3. The Kier molecular flexibility index (Phi) is 3.72. The number of methoxy groups -OCH3 is 1. The summed E-state index contributed by atoms with van der Waals surface area (Å²) in [5.41, 5.74) is 1.48. The van der Waals surface area contributed by atoms with Crippen molar-refractivity contribution in [2.75, 3.05) is 7.11 Å². The minimum atomic E-state index is -0.155. The Labute approximate surface area is 110 Å². The summed E-state index contributed by atoms with van der Waals surface area (Å²) in [6.07, 6.45) is 0. The smallest absolute Gasteiger partial charge is 0.228 e. The minimum absolute atomic E-state index is 0.155. The molecule has 0 fully saturated rings. The van der Waals surface area contributed by atoms with Gasteiger partial charge in [0.1, 0.15) is 11.5 Å². The van der Waals surface area contributed by atoms with Gasteiger partial charge in [-0.3, -0.25) is 4.79 Å². The molecule has 3 nitrogen and oxygen atoms in total. The number of carbonyl (C=O) groups is 1. The number of rotatable bonds is 4. The molecule has 94 valence electrons. The van der Waals surface area contributed by atoms with Crippen molar-refractivity contribution in [1.29, 1.82) is 0 Å². The van der Waals surface area contributed by atoms with Gasteiger partial charge in [0.05, 0.1) is 13.0 Å². The van der Waals surface area contributed by atoms with Gasteiger partial charge in [0.25, 0.3) is 0 Å². The van der Waals surface area contributed by atoms with Gasteiger partial charge in [-0.25, -0.2) is 0 Å². The van der Waals surface area contributed by atoms with Crippen LogP contribution in [0, 0.1) is 6.92 Å².